The summed E-state index contributed by atoms with van der Waals surface area (Å²) in [6.07, 6.45) is 0.800. The quantitative estimate of drug-likeness (QED) is 0.492. The molecule has 0 rings (SSSR count). The summed E-state index contributed by atoms with van der Waals surface area (Å²) in [5.74, 6) is -0.200. The van der Waals surface area contributed by atoms with Gasteiger partial charge in [0.05, 0.1) is 5.60 Å². The van der Waals surface area contributed by atoms with Crippen molar-refractivity contribution in [2.45, 2.75) is 53.2 Å². The van der Waals surface area contributed by atoms with Gasteiger partial charge in [-0.1, -0.05) is 13.8 Å². The zero-order valence-corrected chi connectivity index (χ0v) is 12.3. The normalized spacial score (nSPS) is 14.6. The molecule has 0 aliphatic heterocycles. The molecule has 0 saturated carbocycles. The molecule has 0 saturated heterocycles. The van der Waals surface area contributed by atoms with E-state index in [1.807, 2.05) is 20.8 Å². The molecule has 0 amide bonds. The number of allylic oxidation sites excluding steroid dienone is 1. The molecule has 0 aromatic rings. The second kappa shape index (κ2) is 7.28. The van der Waals surface area contributed by atoms with Crippen LogP contribution in [0.15, 0.2) is 11.8 Å². The molecule has 1 radical (unpaired) electrons. The van der Waals surface area contributed by atoms with Gasteiger partial charge >= 0.3 is 0 Å². The topological polar surface area (TPSA) is 46.5 Å². The molecule has 16 heavy (non-hydrogen) atoms. The fourth-order valence-corrected chi connectivity index (χ4v) is 1.02. The molecule has 0 spiro atoms. The molecular formula is C12H22AgO3. The molecule has 4 heteroatoms. The third-order valence-electron chi connectivity index (χ3n) is 1.81. The molecule has 0 aromatic carbocycles. The van der Waals surface area contributed by atoms with Crippen LogP contribution in [-0.2, 0) is 31.9 Å². The van der Waals surface area contributed by atoms with Crippen LogP contribution >= 0.6 is 0 Å². The van der Waals surface area contributed by atoms with E-state index in [4.69, 9.17) is 4.74 Å². The molecule has 1 N–H and O–H groups in total. The first-order valence-corrected chi connectivity index (χ1v) is 5.25. The van der Waals surface area contributed by atoms with Gasteiger partial charge in [-0.05, 0) is 27.7 Å². The van der Waals surface area contributed by atoms with Gasteiger partial charge in [0.2, 0.25) is 0 Å². The molecule has 0 bridgehead atoms. The molecule has 1 unspecified atom stereocenters. The van der Waals surface area contributed by atoms with Crippen LogP contribution in [0.2, 0.25) is 0 Å². The Kier molecular flexibility index (Phi) is 8.31. The first-order chi connectivity index (χ1) is 6.63. The maximum absolute atomic E-state index is 11.3. The number of ketones is 1. The van der Waals surface area contributed by atoms with Crippen LogP contribution in [0.1, 0.15) is 41.5 Å². The van der Waals surface area contributed by atoms with E-state index < -0.39 is 6.10 Å². The van der Waals surface area contributed by atoms with Crippen LogP contribution in [0, 0.1) is 5.92 Å². The summed E-state index contributed by atoms with van der Waals surface area (Å²) in [4.78, 5) is 11.3. The molecule has 0 aliphatic carbocycles. The van der Waals surface area contributed by atoms with Crippen molar-refractivity contribution < 1.29 is 37.0 Å². The van der Waals surface area contributed by atoms with Gasteiger partial charge < -0.3 is 9.84 Å². The van der Waals surface area contributed by atoms with E-state index in [-0.39, 0.29) is 45.4 Å². The Morgan fingerprint density at radius 2 is 1.69 bits per heavy atom. The van der Waals surface area contributed by atoms with Gasteiger partial charge in [-0.2, -0.15) is 0 Å². The molecule has 3 nitrogen and oxygen atoms in total. The average molecular weight is 322 g/mol. The predicted molar refractivity (Wildman–Crippen MR) is 60.9 cm³/mol. The summed E-state index contributed by atoms with van der Waals surface area (Å²) in [5.41, 5.74) is -0.331. The maximum atomic E-state index is 11.3. The van der Waals surface area contributed by atoms with Crippen molar-refractivity contribution in [2.75, 3.05) is 0 Å². The van der Waals surface area contributed by atoms with E-state index in [2.05, 4.69) is 0 Å². The van der Waals surface area contributed by atoms with E-state index in [0.717, 1.165) is 0 Å². The number of aliphatic hydroxyl groups excluding tert-OH is 1. The summed E-state index contributed by atoms with van der Waals surface area (Å²) in [6.45, 7) is 11.0. The van der Waals surface area contributed by atoms with Crippen molar-refractivity contribution in [3.8, 4) is 0 Å². The number of hydrogen-bond acceptors (Lipinski definition) is 3. The van der Waals surface area contributed by atoms with Crippen molar-refractivity contribution in [3.05, 3.63) is 11.8 Å². The number of rotatable bonds is 4. The molecule has 0 fully saturated rings. The summed E-state index contributed by atoms with van der Waals surface area (Å²) < 4.78 is 5.51. The van der Waals surface area contributed by atoms with E-state index >= 15 is 0 Å². The Morgan fingerprint density at radius 3 is 2.00 bits per heavy atom. The largest absolute Gasteiger partial charge is 0.509 e. The van der Waals surface area contributed by atoms with Gasteiger partial charge in [0.1, 0.15) is 11.9 Å². The minimum absolute atomic E-state index is 0. The van der Waals surface area contributed by atoms with Crippen molar-refractivity contribution in [3.63, 3.8) is 0 Å². The maximum Gasteiger partial charge on any atom is 0.161 e. The number of ether oxygens (including phenoxy) is 1. The van der Waals surface area contributed by atoms with Crippen LogP contribution in [0.25, 0.3) is 0 Å². The molecule has 0 aromatic heterocycles. The van der Waals surface area contributed by atoms with E-state index in [9.17, 15) is 9.90 Å². The van der Waals surface area contributed by atoms with Crippen molar-refractivity contribution in [1.82, 2.24) is 0 Å². The fourth-order valence-electron chi connectivity index (χ4n) is 1.02. The minimum atomic E-state index is -0.451. The van der Waals surface area contributed by atoms with Gasteiger partial charge in [-0.15, -0.1) is 0 Å². The van der Waals surface area contributed by atoms with Crippen LogP contribution in [-0.4, -0.2) is 22.6 Å². The van der Waals surface area contributed by atoms with Gasteiger partial charge in [0, 0.05) is 34.4 Å². The van der Waals surface area contributed by atoms with Gasteiger partial charge in [0.15, 0.2) is 5.78 Å². The van der Waals surface area contributed by atoms with Crippen molar-refractivity contribution in [1.29, 1.82) is 0 Å². The second-order valence-corrected chi connectivity index (χ2v) is 5.00. The molecule has 99 valence electrons. The van der Waals surface area contributed by atoms with Gasteiger partial charge in [-0.25, -0.2) is 0 Å². The zero-order chi connectivity index (χ0) is 12.2. The standard InChI is InChI=1S/C12H22O3.Ag/c1-8(2)10(13)7-11(14)9(3)15-12(4,5)6;/h7-9,14H,1-6H3;/b11-7-;. The van der Waals surface area contributed by atoms with Gasteiger partial charge in [-0.3, -0.25) is 4.79 Å². The number of aliphatic hydroxyl groups is 1. The van der Waals surface area contributed by atoms with Gasteiger partial charge in [0.25, 0.3) is 0 Å². The summed E-state index contributed by atoms with van der Waals surface area (Å²) >= 11 is 0. The van der Waals surface area contributed by atoms with E-state index in [1.54, 1.807) is 20.8 Å². The number of carbonyl (C=O) groups is 1. The Balaban J connectivity index is 0. The summed E-state index contributed by atoms with van der Waals surface area (Å²) in [7, 11) is 0. The summed E-state index contributed by atoms with van der Waals surface area (Å²) in [5, 5.41) is 9.62. The second-order valence-electron chi connectivity index (χ2n) is 5.00. The first kappa shape index (κ1) is 18.3. The van der Waals surface area contributed by atoms with Crippen LogP contribution in [0.5, 0.6) is 0 Å². The fraction of sp³-hybridized carbons (Fsp3) is 0.750. The Bertz CT molecular complexity index is 251. The first-order valence-electron chi connectivity index (χ1n) is 5.25. The molecule has 0 aliphatic rings. The Hall–Kier alpha value is -0.0897. The predicted octanol–water partition coefficient (Wildman–Crippen LogP) is 2.85. The number of hydrogen-bond donors (Lipinski definition) is 1. The monoisotopic (exact) mass is 321 g/mol. The molecule has 1 atom stereocenters. The van der Waals surface area contributed by atoms with Crippen molar-refractivity contribution >= 4 is 5.78 Å². The van der Waals surface area contributed by atoms with E-state index in [1.165, 1.54) is 6.08 Å². The molecule has 0 heterocycles. The van der Waals surface area contributed by atoms with Crippen molar-refractivity contribution in [2.24, 2.45) is 5.92 Å². The third kappa shape index (κ3) is 8.11. The van der Waals surface area contributed by atoms with Crippen LogP contribution in [0.3, 0.4) is 0 Å². The third-order valence-corrected chi connectivity index (χ3v) is 1.81. The minimum Gasteiger partial charge on any atom is -0.509 e. The number of carbonyl (C=O) groups excluding carboxylic acids is 1. The van der Waals surface area contributed by atoms with Crippen LogP contribution in [0.4, 0.5) is 0 Å². The summed E-state index contributed by atoms with van der Waals surface area (Å²) in [6, 6.07) is 0. The average Bonchev–Trinajstić information content (AvgIpc) is 2.00. The Labute approximate surface area is 114 Å². The van der Waals surface area contributed by atoms with Crippen LogP contribution < -0.4 is 0 Å². The SMILES string of the molecule is CC(C)C(=O)/C=C(\O)C(C)OC(C)(C)C.[Ag]. The molecular weight excluding hydrogens is 300 g/mol. The van der Waals surface area contributed by atoms with E-state index in [0.29, 0.717) is 0 Å². The zero-order valence-electron chi connectivity index (χ0n) is 10.8. The Morgan fingerprint density at radius 1 is 1.25 bits per heavy atom. The smallest absolute Gasteiger partial charge is 0.161 e.